The summed E-state index contributed by atoms with van der Waals surface area (Å²) in [5.74, 6) is 0.118. The first-order valence-corrected chi connectivity index (χ1v) is 10.2. The molecular formula is C21H19ClN2O6S. The Morgan fingerprint density at radius 1 is 1.10 bits per heavy atom. The number of amides is 3. The summed E-state index contributed by atoms with van der Waals surface area (Å²) in [5, 5.41) is 2.39. The number of nitrogens with one attached hydrogen (secondary N) is 1. The Balaban J connectivity index is 1.76. The van der Waals surface area contributed by atoms with Gasteiger partial charge in [-0.1, -0.05) is 23.7 Å². The van der Waals surface area contributed by atoms with Crippen LogP contribution in [0, 0.1) is 0 Å². The standard InChI is InChI=1S/C21H19ClN2O6S/c1-28-15-7-5-4-6-14(15)23-18(25)11-24-20(26)17(31-21(24)27)10-12-8-13(22)19(30-3)16(9-12)29-2/h4-10H,11H2,1-3H3,(H,23,25)/b17-10-. The van der Waals surface area contributed by atoms with Gasteiger partial charge in [-0.2, -0.15) is 0 Å². The van der Waals surface area contributed by atoms with Gasteiger partial charge in [-0.05, 0) is 47.7 Å². The van der Waals surface area contributed by atoms with Crippen LogP contribution in [0.3, 0.4) is 0 Å². The van der Waals surface area contributed by atoms with Crippen LogP contribution < -0.4 is 19.5 Å². The molecular weight excluding hydrogens is 444 g/mol. The summed E-state index contributed by atoms with van der Waals surface area (Å²) in [5.41, 5.74) is 0.990. The largest absolute Gasteiger partial charge is 0.495 e. The van der Waals surface area contributed by atoms with E-state index in [4.69, 9.17) is 25.8 Å². The second-order valence-electron chi connectivity index (χ2n) is 6.25. The van der Waals surface area contributed by atoms with E-state index in [9.17, 15) is 14.4 Å². The highest BCUT2D eigenvalue weighted by molar-refractivity contribution is 8.18. The Kier molecular flexibility index (Phi) is 7.09. The second-order valence-corrected chi connectivity index (χ2v) is 7.65. The Labute approximate surface area is 188 Å². The number of nitrogens with zero attached hydrogens (tertiary/aromatic N) is 1. The number of hydrogen-bond donors (Lipinski definition) is 1. The van der Waals surface area contributed by atoms with E-state index in [0.29, 0.717) is 33.5 Å². The fourth-order valence-electron chi connectivity index (χ4n) is 2.89. The van der Waals surface area contributed by atoms with Crippen LogP contribution in [-0.4, -0.2) is 49.8 Å². The molecule has 1 saturated heterocycles. The minimum absolute atomic E-state index is 0.165. The maximum absolute atomic E-state index is 12.7. The molecule has 1 heterocycles. The van der Waals surface area contributed by atoms with E-state index >= 15 is 0 Å². The first kappa shape index (κ1) is 22.5. The predicted molar refractivity (Wildman–Crippen MR) is 119 cm³/mol. The molecule has 0 aliphatic carbocycles. The zero-order valence-electron chi connectivity index (χ0n) is 16.9. The number of ether oxygens (including phenoxy) is 3. The van der Waals surface area contributed by atoms with Crippen molar-refractivity contribution in [2.45, 2.75) is 0 Å². The molecule has 0 saturated carbocycles. The quantitative estimate of drug-likeness (QED) is 0.620. The van der Waals surface area contributed by atoms with Crippen LogP contribution in [0.25, 0.3) is 6.08 Å². The van der Waals surface area contributed by atoms with Crippen LogP contribution >= 0.6 is 23.4 Å². The molecule has 0 aromatic heterocycles. The molecule has 0 bridgehead atoms. The molecule has 3 rings (SSSR count). The average Bonchev–Trinajstić information content (AvgIpc) is 3.00. The third-order valence-electron chi connectivity index (χ3n) is 4.31. The third kappa shape index (κ3) is 4.95. The maximum atomic E-state index is 12.7. The van der Waals surface area contributed by atoms with E-state index in [1.54, 1.807) is 36.4 Å². The van der Waals surface area contributed by atoms with E-state index in [1.165, 1.54) is 27.4 Å². The normalized spacial score (nSPS) is 14.7. The van der Waals surface area contributed by atoms with Crippen LogP contribution in [0.2, 0.25) is 5.02 Å². The maximum Gasteiger partial charge on any atom is 0.294 e. The minimum atomic E-state index is -0.573. The molecule has 8 nitrogen and oxygen atoms in total. The van der Waals surface area contributed by atoms with Crippen LogP contribution in [0.4, 0.5) is 10.5 Å². The summed E-state index contributed by atoms with van der Waals surface area (Å²) >= 11 is 6.94. The number of para-hydroxylation sites is 2. The lowest BCUT2D eigenvalue weighted by Gasteiger charge is -2.14. The van der Waals surface area contributed by atoms with Crippen molar-refractivity contribution in [1.82, 2.24) is 4.90 Å². The number of methoxy groups -OCH3 is 3. The number of hydrogen-bond acceptors (Lipinski definition) is 7. The summed E-state index contributed by atoms with van der Waals surface area (Å²) in [4.78, 5) is 38.5. The van der Waals surface area contributed by atoms with E-state index in [0.717, 1.165) is 16.7 Å². The van der Waals surface area contributed by atoms with Gasteiger partial charge in [0, 0.05) is 0 Å². The summed E-state index contributed by atoms with van der Waals surface area (Å²) < 4.78 is 15.6. The molecule has 31 heavy (non-hydrogen) atoms. The van der Waals surface area contributed by atoms with Gasteiger partial charge < -0.3 is 19.5 Å². The number of rotatable bonds is 7. The first-order valence-electron chi connectivity index (χ1n) is 8.97. The van der Waals surface area contributed by atoms with Crippen molar-refractivity contribution < 1.29 is 28.6 Å². The fraction of sp³-hybridized carbons (Fsp3) is 0.190. The number of carbonyl (C=O) groups excluding carboxylic acids is 3. The van der Waals surface area contributed by atoms with Gasteiger partial charge in [0.15, 0.2) is 11.5 Å². The molecule has 10 heteroatoms. The Morgan fingerprint density at radius 3 is 2.48 bits per heavy atom. The molecule has 2 aromatic carbocycles. The second kappa shape index (κ2) is 9.76. The van der Waals surface area contributed by atoms with Crippen LogP contribution in [0.5, 0.6) is 17.2 Å². The Morgan fingerprint density at radius 2 is 1.81 bits per heavy atom. The summed E-state index contributed by atoms with van der Waals surface area (Å²) in [6.07, 6.45) is 1.51. The topological polar surface area (TPSA) is 94.2 Å². The number of anilines is 1. The highest BCUT2D eigenvalue weighted by Gasteiger charge is 2.36. The van der Waals surface area contributed by atoms with Gasteiger partial charge in [-0.15, -0.1) is 0 Å². The van der Waals surface area contributed by atoms with Gasteiger partial charge in [0.1, 0.15) is 12.3 Å². The number of thioether (sulfide) groups is 1. The lowest BCUT2D eigenvalue weighted by molar-refractivity contribution is -0.127. The molecule has 1 fully saturated rings. The number of halogens is 1. The molecule has 1 aliphatic rings. The number of benzene rings is 2. The molecule has 162 valence electrons. The van der Waals surface area contributed by atoms with Gasteiger partial charge in [0.25, 0.3) is 11.1 Å². The van der Waals surface area contributed by atoms with Crippen molar-refractivity contribution in [3.8, 4) is 17.2 Å². The highest BCUT2D eigenvalue weighted by atomic mass is 35.5. The minimum Gasteiger partial charge on any atom is -0.495 e. The predicted octanol–water partition coefficient (Wildman–Crippen LogP) is 4.04. The monoisotopic (exact) mass is 462 g/mol. The van der Waals surface area contributed by atoms with E-state index in [1.807, 2.05) is 0 Å². The molecule has 0 unspecified atom stereocenters. The molecule has 0 radical (unpaired) electrons. The van der Waals surface area contributed by atoms with Crippen LogP contribution in [-0.2, 0) is 9.59 Å². The fourth-order valence-corrected chi connectivity index (χ4v) is 4.02. The van der Waals surface area contributed by atoms with Crippen molar-refractivity contribution in [3.05, 3.63) is 51.9 Å². The molecule has 1 aliphatic heterocycles. The number of imide groups is 1. The lowest BCUT2D eigenvalue weighted by Crippen LogP contribution is -2.36. The number of carbonyl (C=O) groups is 3. The van der Waals surface area contributed by atoms with Crippen molar-refractivity contribution in [2.75, 3.05) is 33.2 Å². The summed E-state index contributed by atoms with van der Waals surface area (Å²) in [6, 6.07) is 10.1. The summed E-state index contributed by atoms with van der Waals surface area (Å²) in [7, 11) is 4.41. The van der Waals surface area contributed by atoms with Crippen molar-refractivity contribution in [3.63, 3.8) is 0 Å². The zero-order valence-corrected chi connectivity index (χ0v) is 18.5. The SMILES string of the molecule is COc1ccccc1NC(=O)CN1C(=O)S/C(=C\c2cc(Cl)c(OC)c(OC)c2)C1=O. The average molecular weight is 463 g/mol. The molecule has 0 spiro atoms. The van der Waals surface area contributed by atoms with E-state index in [2.05, 4.69) is 5.32 Å². The molecule has 0 atom stereocenters. The van der Waals surface area contributed by atoms with E-state index < -0.39 is 23.6 Å². The Bertz CT molecular complexity index is 1070. The molecule has 2 aromatic rings. The Hall–Kier alpha value is -3.17. The highest BCUT2D eigenvalue weighted by Crippen LogP contribution is 2.38. The lowest BCUT2D eigenvalue weighted by atomic mass is 10.2. The molecule has 3 amide bonds. The zero-order chi connectivity index (χ0) is 22.5. The third-order valence-corrected chi connectivity index (χ3v) is 5.50. The van der Waals surface area contributed by atoms with E-state index in [-0.39, 0.29) is 4.91 Å². The smallest absolute Gasteiger partial charge is 0.294 e. The van der Waals surface area contributed by atoms with Gasteiger partial charge in [0.2, 0.25) is 5.91 Å². The van der Waals surface area contributed by atoms with Gasteiger partial charge in [0.05, 0.1) is 36.9 Å². The van der Waals surface area contributed by atoms with Gasteiger partial charge in [-0.3, -0.25) is 19.3 Å². The van der Waals surface area contributed by atoms with Crippen LogP contribution in [0.15, 0.2) is 41.3 Å². The van der Waals surface area contributed by atoms with Crippen molar-refractivity contribution >= 4 is 52.2 Å². The van der Waals surface area contributed by atoms with Gasteiger partial charge in [-0.25, -0.2) is 0 Å². The van der Waals surface area contributed by atoms with Gasteiger partial charge >= 0.3 is 0 Å². The first-order chi connectivity index (χ1) is 14.9. The van der Waals surface area contributed by atoms with Crippen molar-refractivity contribution in [1.29, 1.82) is 0 Å². The molecule has 1 N–H and O–H groups in total. The van der Waals surface area contributed by atoms with Crippen LogP contribution in [0.1, 0.15) is 5.56 Å². The van der Waals surface area contributed by atoms with Crippen molar-refractivity contribution in [2.24, 2.45) is 0 Å². The summed E-state index contributed by atoms with van der Waals surface area (Å²) in [6.45, 7) is -0.424.